The van der Waals surface area contributed by atoms with E-state index in [9.17, 15) is 14.7 Å². The van der Waals surface area contributed by atoms with E-state index in [-0.39, 0.29) is 12.0 Å². The van der Waals surface area contributed by atoms with Crippen LogP contribution in [0, 0.1) is 0 Å². The summed E-state index contributed by atoms with van der Waals surface area (Å²) in [6, 6.07) is 20.7. The summed E-state index contributed by atoms with van der Waals surface area (Å²) in [5.41, 5.74) is 2.65. The van der Waals surface area contributed by atoms with Gasteiger partial charge in [-0.1, -0.05) is 48.0 Å². The molecule has 0 bridgehead atoms. The second kappa shape index (κ2) is 11.2. The Labute approximate surface area is 191 Å². The number of methoxy groups -OCH3 is 1. The number of para-hydroxylation sites is 1. The van der Waals surface area contributed by atoms with Crippen molar-refractivity contribution in [2.45, 2.75) is 18.9 Å². The number of carboxylic acid groups (broad SMARTS) is 1. The van der Waals surface area contributed by atoms with Gasteiger partial charge in [0.25, 0.3) is 0 Å². The van der Waals surface area contributed by atoms with Crippen LogP contribution in [0.2, 0.25) is 5.02 Å². The molecule has 0 aromatic heterocycles. The van der Waals surface area contributed by atoms with E-state index in [2.05, 4.69) is 5.32 Å². The molecule has 0 saturated heterocycles. The third kappa shape index (κ3) is 6.49. The van der Waals surface area contributed by atoms with E-state index < -0.39 is 18.0 Å². The third-order valence-electron chi connectivity index (χ3n) is 4.90. The Balaban J connectivity index is 1.59. The number of carboxylic acids is 1. The first kappa shape index (κ1) is 23.2. The average molecular weight is 454 g/mol. The van der Waals surface area contributed by atoms with Crippen molar-refractivity contribution in [1.82, 2.24) is 0 Å². The van der Waals surface area contributed by atoms with E-state index in [1.165, 1.54) is 7.11 Å². The van der Waals surface area contributed by atoms with Gasteiger partial charge in [-0.05, 0) is 47.5 Å². The van der Waals surface area contributed by atoms with Gasteiger partial charge in [0.1, 0.15) is 11.8 Å². The maximum Gasteiger partial charge on any atom is 0.339 e. The lowest BCUT2D eigenvalue weighted by atomic mass is 10.0. The minimum atomic E-state index is -1.02. The Hall–Kier alpha value is -3.51. The van der Waals surface area contributed by atoms with Crippen molar-refractivity contribution >= 4 is 29.2 Å². The molecule has 3 aromatic carbocycles. The molecule has 3 rings (SSSR count). The van der Waals surface area contributed by atoms with Gasteiger partial charge in [-0.2, -0.15) is 0 Å². The number of hydrogen-bond donors (Lipinski definition) is 2. The minimum absolute atomic E-state index is 0.232. The van der Waals surface area contributed by atoms with E-state index in [4.69, 9.17) is 21.1 Å². The number of aliphatic carboxylic acids is 1. The van der Waals surface area contributed by atoms with E-state index in [0.29, 0.717) is 23.1 Å². The molecule has 1 atom stereocenters. The van der Waals surface area contributed by atoms with Gasteiger partial charge in [-0.25, -0.2) is 9.59 Å². The second-order valence-electron chi connectivity index (χ2n) is 7.15. The number of nitrogens with one attached hydrogen (secondary N) is 1. The lowest BCUT2D eigenvalue weighted by Crippen LogP contribution is -2.32. The molecule has 166 valence electrons. The van der Waals surface area contributed by atoms with Gasteiger partial charge in [0, 0.05) is 23.6 Å². The largest absolute Gasteiger partial charge is 0.493 e. The van der Waals surface area contributed by atoms with Crippen LogP contribution in [0.5, 0.6) is 5.75 Å². The van der Waals surface area contributed by atoms with Crippen LogP contribution < -0.4 is 10.1 Å². The van der Waals surface area contributed by atoms with Crippen molar-refractivity contribution in [2.24, 2.45) is 0 Å². The maximum atomic E-state index is 11.9. The summed E-state index contributed by atoms with van der Waals surface area (Å²) < 4.78 is 10.6. The van der Waals surface area contributed by atoms with Crippen molar-refractivity contribution in [1.29, 1.82) is 0 Å². The minimum Gasteiger partial charge on any atom is -0.493 e. The summed E-state index contributed by atoms with van der Waals surface area (Å²) >= 11 is 5.89. The number of carbonyl (C=O) groups is 2. The molecule has 0 spiro atoms. The molecule has 6 nitrogen and oxygen atoms in total. The van der Waals surface area contributed by atoms with E-state index in [1.54, 1.807) is 24.3 Å². The maximum absolute atomic E-state index is 11.9. The molecule has 0 aliphatic carbocycles. The molecule has 32 heavy (non-hydrogen) atoms. The van der Waals surface area contributed by atoms with Crippen LogP contribution in [0.15, 0.2) is 72.8 Å². The van der Waals surface area contributed by atoms with Crippen LogP contribution in [0.25, 0.3) is 0 Å². The predicted octanol–water partition coefficient (Wildman–Crippen LogP) is 4.86. The van der Waals surface area contributed by atoms with Crippen LogP contribution in [0.1, 0.15) is 21.5 Å². The van der Waals surface area contributed by atoms with Gasteiger partial charge in [-0.15, -0.1) is 0 Å². The summed E-state index contributed by atoms with van der Waals surface area (Å²) in [7, 11) is 1.28. The average Bonchev–Trinajstić information content (AvgIpc) is 2.80. The fraction of sp³-hybridized carbons (Fsp3) is 0.200. The zero-order chi connectivity index (χ0) is 22.9. The van der Waals surface area contributed by atoms with Gasteiger partial charge in [0.15, 0.2) is 0 Å². The molecule has 0 unspecified atom stereocenters. The summed E-state index contributed by atoms with van der Waals surface area (Å²) in [6.07, 6.45) is 0.986. The first-order valence-electron chi connectivity index (χ1n) is 10.1. The Bertz CT molecular complexity index is 1050. The Kier molecular flexibility index (Phi) is 8.11. The van der Waals surface area contributed by atoms with Crippen molar-refractivity contribution in [3.05, 3.63) is 94.5 Å². The molecule has 0 radical (unpaired) electrons. The number of esters is 1. The van der Waals surface area contributed by atoms with E-state index in [1.807, 2.05) is 48.5 Å². The van der Waals surface area contributed by atoms with Gasteiger partial charge in [0.05, 0.1) is 19.3 Å². The number of benzene rings is 3. The standard InChI is InChI=1S/C25H24ClNO5/c1-31-25(30)21-4-2-3-5-22(21)27-23(24(28)29)16-18-8-12-20(13-9-18)32-15-14-17-6-10-19(26)11-7-17/h2-13,23,27H,14-16H2,1H3,(H,28,29)/t23-/m0/s1. The Morgan fingerprint density at radius 1 is 0.969 bits per heavy atom. The molecule has 7 heteroatoms. The van der Waals surface area contributed by atoms with E-state index >= 15 is 0 Å². The SMILES string of the molecule is COC(=O)c1ccccc1N[C@@H](Cc1ccc(OCCc2ccc(Cl)cc2)cc1)C(=O)O. The highest BCUT2D eigenvalue weighted by atomic mass is 35.5. The highest BCUT2D eigenvalue weighted by Crippen LogP contribution is 2.20. The van der Waals surface area contributed by atoms with E-state index in [0.717, 1.165) is 17.5 Å². The number of rotatable bonds is 10. The number of carbonyl (C=O) groups excluding carboxylic acids is 1. The predicted molar refractivity (Wildman–Crippen MR) is 124 cm³/mol. The molecule has 0 fully saturated rings. The summed E-state index contributed by atoms with van der Waals surface area (Å²) in [5.74, 6) is -0.844. The highest BCUT2D eigenvalue weighted by Gasteiger charge is 2.21. The summed E-state index contributed by atoms with van der Waals surface area (Å²) in [5, 5.41) is 13.3. The number of ether oxygens (including phenoxy) is 2. The van der Waals surface area contributed by atoms with Crippen LogP contribution in [0.3, 0.4) is 0 Å². The van der Waals surface area contributed by atoms with Gasteiger partial charge in [-0.3, -0.25) is 0 Å². The number of anilines is 1. The van der Waals surface area contributed by atoms with Crippen molar-refractivity contribution in [3.63, 3.8) is 0 Å². The molecule has 0 heterocycles. The quantitative estimate of drug-likeness (QED) is 0.426. The number of halogens is 1. The Morgan fingerprint density at radius 2 is 1.62 bits per heavy atom. The van der Waals surface area contributed by atoms with Crippen LogP contribution in [-0.2, 0) is 22.4 Å². The third-order valence-corrected chi connectivity index (χ3v) is 5.15. The second-order valence-corrected chi connectivity index (χ2v) is 7.58. The van der Waals surface area contributed by atoms with Crippen LogP contribution in [0.4, 0.5) is 5.69 Å². The molecule has 3 aromatic rings. The molecule has 2 N–H and O–H groups in total. The first-order valence-corrected chi connectivity index (χ1v) is 10.5. The lowest BCUT2D eigenvalue weighted by Gasteiger charge is -2.18. The molecular formula is C25H24ClNO5. The van der Waals surface area contributed by atoms with Crippen molar-refractivity contribution < 1.29 is 24.2 Å². The van der Waals surface area contributed by atoms with Gasteiger partial charge in [0.2, 0.25) is 0 Å². The smallest absolute Gasteiger partial charge is 0.339 e. The number of hydrogen-bond acceptors (Lipinski definition) is 5. The Morgan fingerprint density at radius 3 is 2.28 bits per heavy atom. The fourth-order valence-corrected chi connectivity index (χ4v) is 3.31. The first-order chi connectivity index (χ1) is 15.5. The molecule has 0 amide bonds. The van der Waals surface area contributed by atoms with Gasteiger partial charge >= 0.3 is 11.9 Å². The zero-order valence-corrected chi connectivity index (χ0v) is 18.3. The summed E-state index contributed by atoms with van der Waals surface area (Å²) in [4.78, 5) is 23.8. The zero-order valence-electron chi connectivity index (χ0n) is 17.6. The lowest BCUT2D eigenvalue weighted by molar-refractivity contribution is -0.137. The normalized spacial score (nSPS) is 11.4. The topological polar surface area (TPSA) is 84.9 Å². The van der Waals surface area contributed by atoms with Crippen molar-refractivity contribution in [3.8, 4) is 5.75 Å². The molecular weight excluding hydrogens is 430 g/mol. The summed E-state index contributed by atoms with van der Waals surface area (Å²) in [6.45, 7) is 0.518. The molecule has 0 aliphatic heterocycles. The van der Waals surface area contributed by atoms with Crippen LogP contribution in [-0.4, -0.2) is 36.8 Å². The monoisotopic (exact) mass is 453 g/mol. The highest BCUT2D eigenvalue weighted by molar-refractivity contribution is 6.30. The fourth-order valence-electron chi connectivity index (χ4n) is 3.18. The molecule has 0 saturated carbocycles. The molecule has 0 aliphatic rings. The van der Waals surface area contributed by atoms with Crippen molar-refractivity contribution in [2.75, 3.05) is 19.0 Å². The van der Waals surface area contributed by atoms with Crippen LogP contribution >= 0.6 is 11.6 Å². The van der Waals surface area contributed by atoms with Gasteiger partial charge < -0.3 is 19.9 Å².